The summed E-state index contributed by atoms with van der Waals surface area (Å²) < 4.78 is 4.60. The minimum Gasteiger partial charge on any atom is -0.477 e. The zero-order chi connectivity index (χ0) is 18.3. The van der Waals surface area contributed by atoms with E-state index in [1.165, 1.54) is 0 Å². The lowest BCUT2D eigenvalue weighted by Gasteiger charge is -2.12. The maximum atomic E-state index is 10.9. The summed E-state index contributed by atoms with van der Waals surface area (Å²) in [5.41, 5.74) is 4.90. The Morgan fingerprint density at radius 2 is 1.91 bits per heavy atom. The van der Waals surface area contributed by atoms with Crippen LogP contribution in [0.15, 0.2) is 20.1 Å². The van der Waals surface area contributed by atoms with Crippen molar-refractivity contribution in [2.75, 3.05) is 0 Å². The average Bonchev–Trinajstić information content (AvgIpc) is 2.74. The Labute approximate surface area is 149 Å². The number of hydrogen-bond donors (Lipinski definition) is 2. The largest absolute Gasteiger partial charge is 0.477 e. The number of halogens is 4. The predicted octanol–water partition coefficient (Wildman–Crippen LogP) is 1.19. The van der Waals surface area contributed by atoms with Gasteiger partial charge in [-0.2, -0.15) is 5.26 Å². The lowest BCUT2D eigenvalue weighted by Crippen LogP contribution is -2.33. The van der Waals surface area contributed by atoms with Gasteiger partial charge in [0.05, 0.1) is 11.1 Å². The summed E-state index contributed by atoms with van der Waals surface area (Å²) >= 11 is 21.0. The van der Waals surface area contributed by atoms with Crippen molar-refractivity contribution in [1.29, 1.82) is 5.26 Å². The van der Waals surface area contributed by atoms with Crippen LogP contribution in [0.4, 0.5) is 0 Å². The normalized spacial score (nSPS) is 18.7. The molecule has 0 saturated carbocycles. The van der Waals surface area contributed by atoms with E-state index in [4.69, 9.17) is 62.5 Å². The third-order valence-corrected chi connectivity index (χ3v) is 3.72. The maximum Gasteiger partial charge on any atom is 0.351 e. The van der Waals surface area contributed by atoms with Crippen LogP contribution in [0, 0.1) is 17.2 Å². The molecule has 0 aromatic rings. The number of nitriles is 1. The highest BCUT2D eigenvalue weighted by molar-refractivity contribution is 6.51. The molecule has 0 aromatic heterocycles. The van der Waals surface area contributed by atoms with E-state index in [9.17, 15) is 19.2 Å². The molecule has 3 N–H and O–H groups in total. The zero-order valence-electron chi connectivity index (χ0n) is 10.8. The van der Waals surface area contributed by atoms with E-state index in [0.29, 0.717) is 0 Å². The predicted molar refractivity (Wildman–Crippen MR) is 79.3 cm³/mol. The van der Waals surface area contributed by atoms with Crippen molar-refractivity contribution < 1.29 is 29.0 Å². The highest BCUT2D eigenvalue weighted by atomic mass is 35.5. The van der Waals surface area contributed by atoms with E-state index in [-0.39, 0.29) is 16.4 Å². The van der Waals surface area contributed by atoms with Crippen molar-refractivity contribution in [2.24, 2.45) is 11.7 Å². The minimum atomic E-state index is -1.41. The lowest BCUT2D eigenvalue weighted by molar-refractivity contribution is -0.141. The molecule has 2 atom stereocenters. The van der Waals surface area contributed by atoms with Crippen LogP contribution in [-0.4, -0.2) is 35.3 Å². The summed E-state index contributed by atoms with van der Waals surface area (Å²) in [6.07, 6.45) is -1.02. The molecule has 0 aromatic carbocycles. The Morgan fingerprint density at radius 3 is 2.13 bits per heavy atom. The molecule has 23 heavy (non-hydrogen) atoms. The van der Waals surface area contributed by atoms with Gasteiger partial charge < -0.3 is 15.6 Å². The van der Waals surface area contributed by atoms with Crippen molar-refractivity contribution >= 4 is 70.5 Å². The zero-order valence-corrected chi connectivity index (χ0v) is 13.8. The Morgan fingerprint density at radius 1 is 1.39 bits per heavy atom. The molecule has 8 nitrogen and oxygen atoms in total. The molecule has 0 fully saturated rings. The molecule has 12 heteroatoms. The summed E-state index contributed by atoms with van der Waals surface area (Å²) in [6, 6.07) is 1.59. The smallest absolute Gasteiger partial charge is 0.351 e. The summed E-state index contributed by atoms with van der Waals surface area (Å²) in [5.74, 6) is -4.51. The minimum absolute atomic E-state index is 0.165. The van der Waals surface area contributed by atoms with Gasteiger partial charge in [0.25, 0.3) is 0 Å². The van der Waals surface area contributed by atoms with Gasteiger partial charge in [0.2, 0.25) is 5.91 Å². The number of esters is 1. The van der Waals surface area contributed by atoms with Crippen molar-refractivity contribution in [1.82, 2.24) is 0 Å². The number of carboxylic acids is 1. The number of carbonyl (C=O) groups excluding carboxylic acids is 3. The number of carbonyl (C=O) groups is 4. The van der Waals surface area contributed by atoms with E-state index >= 15 is 0 Å². The SMILES string of the molecule is N#CC(C(N)=O)C1OC(=O)C(Cl)=C1Cl.O=CC(Cl)=C(Cl)C(=O)O. The number of cyclic esters (lactones) is 1. The quantitative estimate of drug-likeness (QED) is 0.406. The van der Waals surface area contributed by atoms with E-state index in [1.54, 1.807) is 6.07 Å². The standard InChI is InChI=1S/C7H4Cl2N2O3.C4H2Cl2O3/c8-3-4(9)7(13)14-5(3)2(1-10)6(11)12;5-2(1-7)3(6)4(8)9/h2,5H,(H2,11,12);1H,(H,8,9). The maximum absolute atomic E-state index is 10.9. The van der Waals surface area contributed by atoms with Crippen molar-refractivity contribution in [3.05, 3.63) is 20.1 Å². The summed E-state index contributed by atoms with van der Waals surface area (Å²) in [5, 5.41) is 15.0. The van der Waals surface area contributed by atoms with E-state index in [1.807, 2.05) is 0 Å². The number of carboxylic acid groups (broad SMARTS) is 1. The van der Waals surface area contributed by atoms with Crippen LogP contribution in [0.5, 0.6) is 0 Å². The van der Waals surface area contributed by atoms with Gasteiger partial charge in [-0.3, -0.25) is 9.59 Å². The summed E-state index contributed by atoms with van der Waals surface area (Å²) in [7, 11) is 0. The van der Waals surface area contributed by atoms with Crippen molar-refractivity contribution in [2.45, 2.75) is 6.10 Å². The van der Waals surface area contributed by atoms with Gasteiger partial charge in [-0.05, 0) is 0 Å². The van der Waals surface area contributed by atoms with E-state index < -0.39 is 39.9 Å². The topological polar surface area (TPSA) is 148 Å². The Balaban J connectivity index is 0.000000468. The molecule has 0 bridgehead atoms. The number of hydrogen-bond acceptors (Lipinski definition) is 6. The third kappa shape index (κ3) is 5.73. The monoisotopic (exact) mass is 402 g/mol. The number of aldehydes is 1. The first kappa shape index (κ1) is 21.2. The van der Waals surface area contributed by atoms with Crippen LogP contribution in [0.2, 0.25) is 0 Å². The number of allylic oxidation sites excluding steroid dienone is 1. The Hall–Kier alpha value is -1.79. The summed E-state index contributed by atoms with van der Waals surface area (Å²) in [6.45, 7) is 0. The first-order chi connectivity index (χ1) is 10.6. The molecule has 124 valence electrons. The average molecular weight is 404 g/mol. The Bertz CT molecular complexity index is 651. The van der Waals surface area contributed by atoms with Gasteiger partial charge in [0.15, 0.2) is 18.3 Å². The fraction of sp³-hybridized carbons (Fsp3) is 0.182. The van der Waals surface area contributed by atoms with Gasteiger partial charge in [0, 0.05) is 0 Å². The van der Waals surface area contributed by atoms with Gasteiger partial charge in [-0.15, -0.1) is 0 Å². The molecule has 2 unspecified atom stereocenters. The number of nitrogens with zero attached hydrogens (tertiary/aromatic N) is 1. The number of rotatable bonds is 4. The van der Waals surface area contributed by atoms with Crippen molar-refractivity contribution in [3.8, 4) is 6.07 Å². The second kappa shape index (κ2) is 9.37. The lowest BCUT2D eigenvalue weighted by atomic mass is 10.0. The third-order valence-electron chi connectivity index (χ3n) is 2.12. The fourth-order valence-electron chi connectivity index (χ4n) is 1.09. The molecule has 1 aliphatic heterocycles. The molecule has 1 aliphatic rings. The number of primary amides is 1. The molecule has 0 aliphatic carbocycles. The summed E-state index contributed by atoms with van der Waals surface area (Å²) in [4.78, 5) is 41.2. The van der Waals surface area contributed by atoms with Crippen LogP contribution in [0.25, 0.3) is 0 Å². The first-order valence-electron chi connectivity index (χ1n) is 5.27. The molecule has 0 spiro atoms. The second-order valence-corrected chi connectivity index (χ2v) is 5.15. The van der Waals surface area contributed by atoms with E-state index in [0.717, 1.165) is 0 Å². The highest BCUT2D eigenvalue weighted by Crippen LogP contribution is 2.32. The van der Waals surface area contributed by atoms with Gasteiger partial charge >= 0.3 is 11.9 Å². The molecule has 1 rings (SSSR count). The highest BCUT2D eigenvalue weighted by Gasteiger charge is 2.40. The van der Waals surface area contributed by atoms with Crippen LogP contribution in [-0.2, 0) is 23.9 Å². The molecule has 1 amide bonds. The van der Waals surface area contributed by atoms with E-state index in [2.05, 4.69) is 4.74 Å². The molecule has 1 heterocycles. The number of aliphatic carboxylic acids is 1. The second-order valence-electron chi connectivity index (χ2n) is 3.58. The van der Waals surface area contributed by atoms with Gasteiger partial charge in [0.1, 0.15) is 15.1 Å². The first-order valence-corrected chi connectivity index (χ1v) is 6.78. The fourth-order valence-corrected chi connectivity index (χ4v) is 1.62. The van der Waals surface area contributed by atoms with Gasteiger partial charge in [-0.1, -0.05) is 46.4 Å². The van der Waals surface area contributed by atoms with Crippen LogP contribution < -0.4 is 5.73 Å². The van der Waals surface area contributed by atoms with Crippen molar-refractivity contribution in [3.63, 3.8) is 0 Å². The Kier molecular flexibility index (Phi) is 8.64. The molecular formula is C11H6Cl4N2O6. The van der Waals surface area contributed by atoms with Crippen LogP contribution in [0.1, 0.15) is 0 Å². The molecule has 0 saturated heterocycles. The van der Waals surface area contributed by atoms with Gasteiger partial charge in [-0.25, -0.2) is 9.59 Å². The number of amides is 1. The van der Waals surface area contributed by atoms with Crippen LogP contribution in [0.3, 0.4) is 0 Å². The molecular weight excluding hydrogens is 398 g/mol. The molecule has 0 radical (unpaired) electrons. The van der Waals surface area contributed by atoms with Crippen LogP contribution >= 0.6 is 46.4 Å². The number of nitrogens with two attached hydrogens (primary N) is 1. The number of ether oxygens (including phenoxy) is 1.